The molecule has 1 fully saturated rings. The number of aromatic amines is 1. The van der Waals surface area contributed by atoms with Crippen LogP contribution in [0.1, 0.15) is 53.4 Å². The van der Waals surface area contributed by atoms with Crippen LogP contribution in [0, 0.1) is 6.92 Å². The second-order valence-corrected chi connectivity index (χ2v) is 7.78. The molecule has 1 aliphatic carbocycles. The van der Waals surface area contributed by atoms with E-state index in [1.165, 1.54) is 30.4 Å². The summed E-state index contributed by atoms with van der Waals surface area (Å²) in [7, 11) is 0. The minimum Gasteiger partial charge on any atom is -0.359 e. The molecule has 1 aliphatic heterocycles. The molecule has 0 atom stereocenters. The summed E-state index contributed by atoms with van der Waals surface area (Å²) in [6.07, 6.45) is 16.9. The molecule has 0 unspecified atom stereocenters. The molecule has 0 spiro atoms. The molecule has 2 N–H and O–H groups in total. The van der Waals surface area contributed by atoms with Gasteiger partial charge in [0.25, 0.3) is 5.91 Å². The van der Waals surface area contributed by atoms with Crippen molar-refractivity contribution in [3.8, 4) is 0 Å². The van der Waals surface area contributed by atoms with Crippen LogP contribution in [0.2, 0.25) is 0 Å². The third-order valence-corrected chi connectivity index (χ3v) is 5.95. The number of aryl methyl sites for hydroxylation is 2. The number of hydrazone groups is 1. The maximum Gasteiger partial charge on any atom is 0.273 e. The second kappa shape index (κ2) is 7.70. The number of H-pyrrole nitrogens is 1. The van der Waals surface area contributed by atoms with Gasteiger partial charge in [0.2, 0.25) is 0 Å². The molecule has 0 radical (unpaired) electrons. The Morgan fingerprint density at radius 1 is 1.23 bits per heavy atom. The largest absolute Gasteiger partial charge is 0.359 e. The minimum atomic E-state index is -0.220. The number of rotatable bonds is 6. The number of nitrogens with one attached hydrogen (secondary N) is 2. The Bertz CT molecular complexity index is 1120. The summed E-state index contributed by atoms with van der Waals surface area (Å²) in [4.78, 5) is 28.6. The van der Waals surface area contributed by atoms with Crippen LogP contribution in [-0.2, 0) is 17.8 Å². The number of hydrogen-bond acceptors (Lipinski definition) is 5. The lowest BCUT2D eigenvalue weighted by Gasteiger charge is -2.27. The summed E-state index contributed by atoms with van der Waals surface area (Å²) in [5.74, 6) is 0.309. The number of carbonyl (C=O) groups excluding carboxylic acids is 1. The third kappa shape index (κ3) is 3.34. The van der Waals surface area contributed by atoms with Crippen molar-refractivity contribution in [1.82, 2.24) is 29.9 Å². The highest BCUT2D eigenvalue weighted by atomic mass is 16.2. The van der Waals surface area contributed by atoms with Crippen molar-refractivity contribution in [2.45, 2.75) is 45.1 Å². The highest BCUT2D eigenvalue weighted by Gasteiger charge is 2.30. The van der Waals surface area contributed by atoms with Crippen molar-refractivity contribution in [3.63, 3.8) is 0 Å². The summed E-state index contributed by atoms with van der Waals surface area (Å²) >= 11 is 0. The highest BCUT2D eigenvalue weighted by Crippen LogP contribution is 2.42. The number of amides is 1. The van der Waals surface area contributed by atoms with E-state index in [0.29, 0.717) is 22.9 Å². The molecular formula is C22H23N7O. The van der Waals surface area contributed by atoms with E-state index >= 15 is 0 Å². The predicted molar refractivity (Wildman–Crippen MR) is 113 cm³/mol. The molecule has 3 aromatic rings. The molecule has 0 saturated heterocycles. The van der Waals surface area contributed by atoms with Crippen LogP contribution in [0.5, 0.6) is 0 Å². The van der Waals surface area contributed by atoms with Gasteiger partial charge < -0.3 is 9.55 Å². The van der Waals surface area contributed by atoms with Crippen LogP contribution in [-0.4, -0.2) is 36.1 Å². The smallest absolute Gasteiger partial charge is 0.273 e. The molecule has 0 aromatic carbocycles. The van der Waals surface area contributed by atoms with Gasteiger partial charge in [-0.2, -0.15) is 5.10 Å². The fraction of sp³-hybridized carbons (Fsp3) is 0.318. The number of nitrogens with zero attached hydrogens (tertiary/aromatic N) is 5. The van der Waals surface area contributed by atoms with Crippen LogP contribution in [0.4, 0.5) is 0 Å². The zero-order chi connectivity index (χ0) is 20.5. The zero-order valence-electron chi connectivity index (χ0n) is 16.8. The van der Waals surface area contributed by atoms with E-state index in [1.807, 2.05) is 18.6 Å². The van der Waals surface area contributed by atoms with Crippen molar-refractivity contribution in [3.05, 3.63) is 71.1 Å². The Labute approximate surface area is 174 Å². The number of carbonyl (C=O) groups is 1. The first-order valence-electron chi connectivity index (χ1n) is 10.2. The normalized spacial score (nSPS) is 17.8. The van der Waals surface area contributed by atoms with Gasteiger partial charge in [-0.3, -0.25) is 14.8 Å². The maximum atomic E-state index is 12.5. The molecular weight excluding hydrogens is 378 g/mol. The Hall–Kier alpha value is -3.55. The third-order valence-electron chi connectivity index (χ3n) is 5.95. The van der Waals surface area contributed by atoms with E-state index in [-0.39, 0.29) is 5.91 Å². The van der Waals surface area contributed by atoms with Gasteiger partial charge in [-0.05, 0) is 49.3 Å². The first kappa shape index (κ1) is 18.5. The Balaban J connectivity index is 1.52. The Kier molecular flexibility index (Phi) is 4.74. The van der Waals surface area contributed by atoms with Gasteiger partial charge in [0.05, 0.1) is 18.1 Å². The van der Waals surface area contributed by atoms with Crippen molar-refractivity contribution in [2.75, 3.05) is 0 Å². The average Bonchev–Trinajstić information content (AvgIpc) is 3.42. The molecule has 0 bridgehead atoms. The first-order valence-corrected chi connectivity index (χ1v) is 10.2. The molecule has 30 heavy (non-hydrogen) atoms. The van der Waals surface area contributed by atoms with Gasteiger partial charge in [0.1, 0.15) is 11.4 Å². The van der Waals surface area contributed by atoms with Gasteiger partial charge in [-0.1, -0.05) is 6.42 Å². The monoisotopic (exact) mass is 401 g/mol. The summed E-state index contributed by atoms with van der Waals surface area (Å²) < 4.78 is 2.10. The summed E-state index contributed by atoms with van der Waals surface area (Å²) in [6.45, 7) is 2.99. The van der Waals surface area contributed by atoms with E-state index in [4.69, 9.17) is 0 Å². The Morgan fingerprint density at radius 3 is 2.83 bits per heavy atom. The molecule has 1 saturated carbocycles. The predicted octanol–water partition coefficient (Wildman–Crippen LogP) is 2.74. The fourth-order valence-electron chi connectivity index (χ4n) is 4.20. The summed E-state index contributed by atoms with van der Waals surface area (Å²) in [5.41, 5.74) is 9.02. The van der Waals surface area contributed by atoms with Crippen LogP contribution in [0.3, 0.4) is 0 Å². The summed E-state index contributed by atoms with van der Waals surface area (Å²) in [6, 6.07) is 0. The lowest BCUT2D eigenvalue weighted by molar-refractivity contribution is -0.116. The molecule has 2 aliphatic rings. The number of imidazole rings is 1. The van der Waals surface area contributed by atoms with E-state index in [9.17, 15) is 4.79 Å². The quantitative estimate of drug-likeness (QED) is 0.620. The van der Waals surface area contributed by atoms with E-state index in [1.54, 1.807) is 24.8 Å². The Morgan fingerprint density at radius 2 is 2.13 bits per heavy atom. The van der Waals surface area contributed by atoms with E-state index in [2.05, 4.69) is 42.0 Å². The second-order valence-electron chi connectivity index (χ2n) is 7.78. The lowest BCUT2D eigenvalue weighted by Crippen LogP contribution is -2.15. The zero-order valence-corrected chi connectivity index (χ0v) is 16.8. The molecule has 8 heteroatoms. The maximum absolute atomic E-state index is 12.5. The van der Waals surface area contributed by atoms with Crippen molar-refractivity contribution in [1.29, 1.82) is 0 Å². The molecule has 5 rings (SSSR count). The van der Waals surface area contributed by atoms with Gasteiger partial charge >= 0.3 is 0 Å². The van der Waals surface area contributed by atoms with Crippen LogP contribution in [0.15, 0.2) is 48.0 Å². The number of hydrogen-bond donors (Lipinski definition) is 2. The first-order chi connectivity index (χ1) is 14.7. The minimum absolute atomic E-state index is 0.220. The average molecular weight is 401 g/mol. The van der Waals surface area contributed by atoms with Crippen LogP contribution in [0.25, 0.3) is 6.08 Å². The topological polar surface area (TPSA) is 101 Å². The molecule has 4 heterocycles. The van der Waals surface area contributed by atoms with Gasteiger partial charge in [0.15, 0.2) is 0 Å². The SMILES string of the molecule is Cc1[nH]c(C=C2C(=O)NN=C2c2cnccn2)c(C2CCC2)c1CCn1ccnc1. The lowest BCUT2D eigenvalue weighted by atomic mass is 9.77. The number of aromatic nitrogens is 5. The van der Waals surface area contributed by atoms with Gasteiger partial charge in [-0.25, -0.2) is 10.4 Å². The van der Waals surface area contributed by atoms with Crippen LogP contribution >= 0.6 is 0 Å². The van der Waals surface area contributed by atoms with E-state index < -0.39 is 0 Å². The summed E-state index contributed by atoms with van der Waals surface area (Å²) in [5, 5.41) is 4.19. The highest BCUT2D eigenvalue weighted by molar-refractivity contribution is 6.32. The molecule has 8 nitrogen and oxygen atoms in total. The molecule has 3 aromatic heterocycles. The van der Waals surface area contributed by atoms with Crippen molar-refractivity contribution in [2.24, 2.45) is 5.10 Å². The van der Waals surface area contributed by atoms with Gasteiger partial charge in [0, 0.05) is 42.7 Å². The fourth-order valence-corrected chi connectivity index (χ4v) is 4.20. The molecule has 152 valence electrons. The van der Waals surface area contributed by atoms with E-state index in [0.717, 1.165) is 24.4 Å². The van der Waals surface area contributed by atoms with Crippen molar-refractivity contribution < 1.29 is 4.79 Å². The molecule has 1 amide bonds. The van der Waals surface area contributed by atoms with Gasteiger partial charge in [-0.15, -0.1) is 0 Å². The standard InChI is InChI=1S/C22H23N7O/c1-14-16(5-9-29-10-8-24-13-29)20(15-3-2-4-15)18(26-14)11-17-21(27-28-22(17)30)19-12-23-6-7-25-19/h6-8,10-13,15,26H,2-5,9H2,1H3,(H,28,30). The van der Waals surface area contributed by atoms with Crippen LogP contribution < -0.4 is 5.43 Å². The van der Waals surface area contributed by atoms with Crippen molar-refractivity contribution >= 4 is 17.7 Å².